The number of furan rings is 1. The first-order valence-electron chi connectivity index (χ1n) is 10.3. The van der Waals surface area contributed by atoms with Crippen molar-refractivity contribution in [1.82, 2.24) is 5.43 Å². The summed E-state index contributed by atoms with van der Waals surface area (Å²) in [5.41, 5.74) is 5.11. The third-order valence-corrected chi connectivity index (χ3v) is 5.13. The SMILES string of the molecule is CCC(C)c1ccc(OCC(=O)N/N=C\c2ccc(-c3ccc([N+](=O)[O-])cc3C)o2)cc1. The summed E-state index contributed by atoms with van der Waals surface area (Å²) in [6.07, 6.45) is 2.44. The number of hydrogen-bond donors (Lipinski definition) is 1. The minimum Gasteiger partial charge on any atom is -0.484 e. The van der Waals surface area contributed by atoms with Crippen molar-refractivity contribution < 1.29 is 18.9 Å². The monoisotopic (exact) mass is 435 g/mol. The Bertz CT molecular complexity index is 1120. The second kappa shape index (κ2) is 10.4. The highest BCUT2D eigenvalue weighted by atomic mass is 16.6. The third-order valence-electron chi connectivity index (χ3n) is 5.13. The van der Waals surface area contributed by atoms with E-state index in [-0.39, 0.29) is 12.3 Å². The largest absolute Gasteiger partial charge is 0.484 e. The molecule has 0 radical (unpaired) electrons. The van der Waals surface area contributed by atoms with E-state index in [0.29, 0.717) is 23.2 Å². The van der Waals surface area contributed by atoms with Crippen molar-refractivity contribution in [3.63, 3.8) is 0 Å². The number of nitro benzene ring substituents is 1. The van der Waals surface area contributed by atoms with Crippen LogP contribution in [0, 0.1) is 17.0 Å². The van der Waals surface area contributed by atoms with Crippen LogP contribution in [0.3, 0.4) is 0 Å². The second-order valence-corrected chi connectivity index (χ2v) is 7.42. The topological polar surface area (TPSA) is 107 Å². The number of nitrogens with one attached hydrogen (secondary N) is 1. The average Bonchev–Trinajstić information content (AvgIpc) is 3.26. The Morgan fingerprint density at radius 1 is 1.22 bits per heavy atom. The Balaban J connectivity index is 1.51. The molecule has 1 heterocycles. The van der Waals surface area contributed by atoms with Gasteiger partial charge in [0.05, 0.1) is 11.1 Å². The minimum absolute atomic E-state index is 0.0241. The quantitative estimate of drug-likeness (QED) is 0.282. The van der Waals surface area contributed by atoms with Gasteiger partial charge in [0, 0.05) is 17.7 Å². The number of rotatable bonds is 9. The molecule has 2 aromatic carbocycles. The van der Waals surface area contributed by atoms with Crippen LogP contribution in [0.4, 0.5) is 5.69 Å². The van der Waals surface area contributed by atoms with E-state index in [9.17, 15) is 14.9 Å². The fourth-order valence-electron chi connectivity index (χ4n) is 3.08. The van der Waals surface area contributed by atoms with E-state index in [4.69, 9.17) is 9.15 Å². The second-order valence-electron chi connectivity index (χ2n) is 7.42. The van der Waals surface area contributed by atoms with Gasteiger partial charge in [-0.15, -0.1) is 0 Å². The summed E-state index contributed by atoms with van der Waals surface area (Å²) in [6.45, 7) is 5.92. The molecule has 0 saturated carbocycles. The van der Waals surface area contributed by atoms with Crippen LogP contribution >= 0.6 is 0 Å². The smallest absolute Gasteiger partial charge is 0.277 e. The van der Waals surface area contributed by atoms with Crippen LogP contribution in [0.15, 0.2) is 64.1 Å². The molecule has 8 nitrogen and oxygen atoms in total. The number of benzene rings is 2. The fraction of sp³-hybridized carbons (Fsp3) is 0.250. The lowest BCUT2D eigenvalue weighted by atomic mass is 9.99. The lowest BCUT2D eigenvalue weighted by Crippen LogP contribution is -2.24. The van der Waals surface area contributed by atoms with Crippen molar-refractivity contribution in [2.45, 2.75) is 33.1 Å². The van der Waals surface area contributed by atoms with Gasteiger partial charge in [-0.3, -0.25) is 14.9 Å². The maximum atomic E-state index is 12.0. The number of amides is 1. The van der Waals surface area contributed by atoms with Gasteiger partial charge in [-0.25, -0.2) is 5.43 Å². The van der Waals surface area contributed by atoms with E-state index < -0.39 is 10.8 Å². The normalized spacial score (nSPS) is 12.0. The maximum Gasteiger partial charge on any atom is 0.277 e. The van der Waals surface area contributed by atoms with Crippen molar-refractivity contribution >= 4 is 17.8 Å². The first-order valence-corrected chi connectivity index (χ1v) is 10.3. The van der Waals surface area contributed by atoms with Crippen LogP contribution in [0.1, 0.15) is 43.1 Å². The van der Waals surface area contributed by atoms with Crippen LogP contribution in [0.25, 0.3) is 11.3 Å². The Labute approximate surface area is 186 Å². The van der Waals surface area contributed by atoms with Crippen molar-refractivity contribution in [2.24, 2.45) is 5.10 Å². The predicted molar refractivity (Wildman–Crippen MR) is 122 cm³/mol. The molecular formula is C24H25N3O5. The fourth-order valence-corrected chi connectivity index (χ4v) is 3.08. The number of nitrogens with zero attached hydrogens (tertiary/aromatic N) is 2. The summed E-state index contributed by atoms with van der Waals surface area (Å²) in [5, 5.41) is 14.8. The molecule has 166 valence electrons. The van der Waals surface area contributed by atoms with E-state index >= 15 is 0 Å². The van der Waals surface area contributed by atoms with Crippen LogP contribution < -0.4 is 10.2 Å². The Morgan fingerprint density at radius 2 is 1.97 bits per heavy atom. The molecule has 0 bridgehead atoms. The molecule has 3 aromatic rings. The molecule has 0 aliphatic rings. The third kappa shape index (κ3) is 5.81. The molecule has 0 fully saturated rings. The number of aryl methyl sites for hydroxylation is 1. The summed E-state index contributed by atoms with van der Waals surface area (Å²) < 4.78 is 11.2. The number of carbonyl (C=O) groups excluding carboxylic acids is 1. The van der Waals surface area contributed by atoms with E-state index in [1.54, 1.807) is 25.1 Å². The first kappa shape index (κ1) is 22.7. The van der Waals surface area contributed by atoms with Gasteiger partial charge in [0.25, 0.3) is 11.6 Å². The molecule has 1 aromatic heterocycles. The number of non-ortho nitro benzene ring substituents is 1. The van der Waals surface area contributed by atoms with Crippen molar-refractivity contribution in [3.05, 3.63) is 81.6 Å². The lowest BCUT2D eigenvalue weighted by Gasteiger charge is -2.10. The van der Waals surface area contributed by atoms with Crippen molar-refractivity contribution in [3.8, 4) is 17.1 Å². The first-order chi connectivity index (χ1) is 15.4. The van der Waals surface area contributed by atoms with E-state index in [1.807, 2.05) is 24.3 Å². The van der Waals surface area contributed by atoms with Gasteiger partial charge in [0.15, 0.2) is 6.61 Å². The van der Waals surface area contributed by atoms with E-state index in [1.165, 1.54) is 23.9 Å². The van der Waals surface area contributed by atoms with Gasteiger partial charge in [0.1, 0.15) is 17.3 Å². The summed E-state index contributed by atoms with van der Waals surface area (Å²) in [6, 6.07) is 15.7. The van der Waals surface area contributed by atoms with Crippen molar-refractivity contribution in [1.29, 1.82) is 0 Å². The number of hydrazone groups is 1. The summed E-state index contributed by atoms with van der Waals surface area (Å²) >= 11 is 0. The molecule has 8 heteroatoms. The minimum atomic E-state index is -0.439. The van der Waals surface area contributed by atoms with Gasteiger partial charge < -0.3 is 9.15 Å². The van der Waals surface area contributed by atoms with Crippen LogP contribution in [0.5, 0.6) is 5.75 Å². The number of hydrogen-bond acceptors (Lipinski definition) is 6. The molecule has 0 saturated heterocycles. The number of nitro groups is 1. The molecule has 0 aliphatic heterocycles. The number of carbonyl (C=O) groups is 1. The Kier molecular flexibility index (Phi) is 7.38. The molecule has 0 spiro atoms. The summed E-state index contributed by atoms with van der Waals surface area (Å²) in [5.74, 6) is 1.68. The van der Waals surface area contributed by atoms with Gasteiger partial charge >= 0.3 is 0 Å². The van der Waals surface area contributed by atoms with E-state index in [0.717, 1.165) is 17.5 Å². The Morgan fingerprint density at radius 3 is 2.62 bits per heavy atom. The molecule has 1 N–H and O–H groups in total. The highest BCUT2D eigenvalue weighted by molar-refractivity contribution is 5.81. The van der Waals surface area contributed by atoms with E-state index in [2.05, 4.69) is 24.4 Å². The zero-order chi connectivity index (χ0) is 23.1. The standard InChI is InChI=1S/C24H25N3O5/c1-4-16(2)18-5-8-20(9-6-18)31-15-24(28)26-25-14-21-10-12-23(32-21)22-11-7-19(27(29)30)13-17(22)3/h5-14,16H,4,15H2,1-3H3,(H,26,28)/b25-14-. The average molecular weight is 435 g/mol. The summed E-state index contributed by atoms with van der Waals surface area (Å²) in [7, 11) is 0. The molecule has 3 rings (SSSR count). The summed E-state index contributed by atoms with van der Waals surface area (Å²) in [4.78, 5) is 22.4. The molecule has 32 heavy (non-hydrogen) atoms. The molecule has 0 aliphatic carbocycles. The molecular weight excluding hydrogens is 410 g/mol. The van der Waals surface area contributed by atoms with Gasteiger partial charge in [-0.1, -0.05) is 26.0 Å². The Hall–Kier alpha value is -3.94. The lowest BCUT2D eigenvalue weighted by molar-refractivity contribution is -0.384. The number of ether oxygens (including phenoxy) is 1. The highest BCUT2D eigenvalue weighted by Crippen LogP contribution is 2.28. The van der Waals surface area contributed by atoms with Crippen LogP contribution in [0.2, 0.25) is 0 Å². The zero-order valence-electron chi connectivity index (χ0n) is 18.2. The van der Waals surface area contributed by atoms with Gasteiger partial charge in [0.2, 0.25) is 0 Å². The van der Waals surface area contributed by atoms with Crippen LogP contribution in [-0.4, -0.2) is 23.7 Å². The predicted octanol–water partition coefficient (Wildman–Crippen LogP) is 5.21. The van der Waals surface area contributed by atoms with Gasteiger partial charge in [-0.05, 0) is 60.7 Å². The van der Waals surface area contributed by atoms with Gasteiger partial charge in [-0.2, -0.15) is 5.10 Å². The zero-order valence-corrected chi connectivity index (χ0v) is 18.2. The van der Waals surface area contributed by atoms with Crippen LogP contribution in [-0.2, 0) is 4.79 Å². The molecule has 1 amide bonds. The van der Waals surface area contributed by atoms with Crippen molar-refractivity contribution in [2.75, 3.05) is 6.61 Å². The molecule has 1 atom stereocenters. The highest BCUT2D eigenvalue weighted by Gasteiger charge is 2.12. The molecule has 1 unspecified atom stereocenters. The maximum absolute atomic E-state index is 12.0.